The maximum atomic E-state index is 10.6. The number of aliphatic carboxylic acids is 1. The van der Waals surface area contributed by atoms with Crippen LogP contribution in [0, 0.1) is 0 Å². The molecule has 0 aliphatic carbocycles. The van der Waals surface area contributed by atoms with Gasteiger partial charge in [-0.1, -0.05) is 0 Å². The Morgan fingerprint density at radius 1 is 1.71 bits per heavy atom. The van der Waals surface area contributed by atoms with E-state index in [1.54, 1.807) is 0 Å². The first kappa shape index (κ1) is 9.78. The van der Waals surface area contributed by atoms with E-state index in [0.717, 1.165) is 0 Å². The van der Waals surface area contributed by atoms with E-state index in [-0.39, 0.29) is 20.4 Å². The monoisotopic (exact) mass is 308 g/mol. The summed E-state index contributed by atoms with van der Waals surface area (Å²) < 4.78 is 2.50. The summed E-state index contributed by atoms with van der Waals surface area (Å²) in [4.78, 5) is 13.7. The Hall–Kier alpha value is -0.760. The van der Waals surface area contributed by atoms with Crippen LogP contribution in [0.1, 0.15) is 3.58 Å². The van der Waals surface area contributed by atoms with E-state index in [9.17, 15) is 4.79 Å². The quantitative estimate of drug-likeness (QED) is 0.708. The molecule has 0 fully saturated rings. The van der Waals surface area contributed by atoms with Crippen LogP contribution in [-0.2, 0) is 11.2 Å². The fraction of sp³-hybridized carbons (Fsp3) is 0.222. The van der Waals surface area contributed by atoms with Crippen LogP contribution in [0.4, 0.5) is 0 Å². The van der Waals surface area contributed by atoms with Crippen LogP contribution in [-0.4, -0.2) is 42.5 Å². The molecule has 74 valence electrons. The first-order valence-electron chi connectivity index (χ1n) is 4.21. The number of carbonyl (C=O) groups is 1. The topological polar surface area (TPSA) is 79.1 Å². The van der Waals surface area contributed by atoms with Crippen LogP contribution in [0.25, 0.3) is 8.92 Å². The minimum atomic E-state index is -0.922. The van der Waals surface area contributed by atoms with E-state index in [1.165, 1.54) is 12.5 Å². The number of rotatable bonds is 3. The average Bonchev–Trinajstić information content (AvgIpc) is 2.63. The van der Waals surface area contributed by atoms with E-state index < -0.39 is 12.0 Å². The van der Waals surface area contributed by atoms with Crippen molar-refractivity contribution in [3.63, 3.8) is 0 Å². The molecule has 0 saturated carbocycles. The molecule has 2 aromatic rings. The van der Waals surface area contributed by atoms with E-state index in [0.29, 0.717) is 6.42 Å². The number of nitrogens with two attached hydrogens (primary N) is 1. The van der Waals surface area contributed by atoms with Gasteiger partial charge in [0.15, 0.2) is 0 Å². The summed E-state index contributed by atoms with van der Waals surface area (Å²) in [7, 11) is 0. The molecular formula is C9H10N2O2Te. The van der Waals surface area contributed by atoms with Crippen LogP contribution >= 0.6 is 0 Å². The van der Waals surface area contributed by atoms with Crippen molar-refractivity contribution in [2.45, 2.75) is 12.5 Å². The molecule has 5 heteroatoms. The number of carboxylic acid groups (broad SMARTS) is 1. The van der Waals surface area contributed by atoms with E-state index in [2.05, 4.69) is 11.1 Å². The first-order valence-corrected chi connectivity index (χ1v) is 6.54. The Morgan fingerprint density at radius 3 is 3.14 bits per heavy atom. The number of fused-ring (bicyclic) bond motifs is 1. The van der Waals surface area contributed by atoms with E-state index in [1.807, 2.05) is 12.3 Å². The van der Waals surface area contributed by atoms with Crippen molar-refractivity contribution in [3.05, 3.63) is 21.9 Å². The first-order chi connectivity index (χ1) is 6.66. The normalized spacial score (nSPS) is 13.2. The third-order valence-corrected chi connectivity index (χ3v) is 5.18. The molecule has 2 aromatic heterocycles. The Kier molecular flexibility index (Phi) is 2.64. The summed E-state index contributed by atoms with van der Waals surface area (Å²) in [5.41, 5.74) is 5.47. The van der Waals surface area contributed by atoms with Crippen LogP contribution in [0.3, 0.4) is 0 Å². The molecule has 4 nitrogen and oxygen atoms in total. The number of nitrogens with one attached hydrogen (secondary N) is 1. The van der Waals surface area contributed by atoms with Gasteiger partial charge in [0.25, 0.3) is 0 Å². The van der Waals surface area contributed by atoms with Crippen LogP contribution in [0.15, 0.2) is 18.3 Å². The maximum absolute atomic E-state index is 10.6. The molecular weight excluding hydrogens is 296 g/mol. The number of H-pyrrole nitrogens is 1. The Labute approximate surface area is 90.3 Å². The van der Waals surface area contributed by atoms with E-state index in [4.69, 9.17) is 10.8 Å². The molecule has 0 radical (unpaired) electrons. The van der Waals surface area contributed by atoms with Gasteiger partial charge < -0.3 is 0 Å². The molecule has 4 N–H and O–H groups in total. The molecule has 0 bridgehead atoms. The molecule has 0 amide bonds. The zero-order valence-electron chi connectivity index (χ0n) is 7.36. The fourth-order valence-corrected chi connectivity index (χ4v) is 4.40. The third kappa shape index (κ3) is 1.85. The van der Waals surface area contributed by atoms with Crippen molar-refractivity contribution in [1.29, 1.82) is 0 Å². The van der Waals surface area contributed by atoms with Crippen molar-refractivity contribution in [2.24, 2.45) is 5.73 Å². The predicted molar refractivity (Wildman–Crippen MR) is 54.6 cm³/mol. The fourth-order valence-electron chi connectivity index (χ4n) is 1.31. The number of hydrogen-bond donors (Lipinski definition) is 3. The molecule has 1 atom stereocenters. The zero-order valence-corrected chi connectivity index (χ0v) is 9.69. The number of hydrogen-bond acceptors (Lipinski definition) is 2. The molecule has 2 rings (SSSR count). The zero-order chi connectivity index (χ0) is 10.1. The SMILES string of the molecule is N[C@@H](Cc1cc2cc[nH]c2[te]1)C(=O)O. The molecule has 2 heterocycles. The average molecular weight is 306 g/mol. The summed E-state index contributed by atoms with van der Waals surface area (Å²) in [6.07, 6.45) is 2.40. The minimum absolute atomic E-state index is 0.384. The van der Waals surface area contributed by atoms with Gasteiger partial charge in [0.05, 0.1) is 0 Å². The van der Waals surface area contributed by atoms with Crippen molar-refractivity contribution in [1.82, 2.24) is 4.98 Å². The van der Waals surface area contributed by atoms with Crippen LogP contribution < -0.4 is 5.73 Å². The van der Waals surface area contributed by atoms with Crippen LogP contribution in [0.2, 0.25) is 0 Å². The summed E-state index contributed by atoms with van der Waals surface area (Å²) in [5.74, 6) is -0.922. The summed E-state index contributed by atoms with van der Waals surface area (Å²) in [6.45, 7) is 0. The van der Waals surface area contributed by atoms with Crippen molar-refractivity contribution in [2.75, 3.05) is 0 Å². The van der Waals surface area contributed by atoms with Gasteiger partial charge in [0, 0.05) is 0 Å². The van der Waals surface area contributed by atoms with Gasteiger partial charge >= 0.3 is 90.3 Å². The third-order valence-electron chi connectivity index (χ3n) is 2.03. The summed E-state index contributed by atoms with van der Waals surface area (Å²) in [6, 6.07) is 3.33. The van der Waals surface area contributed by atoms with Crippen molar-refractivity contribution in [3.8, 4) is 0 Å². The summed E-state index contributed by atoms with van der Waals surface area (Å²) in [5, 5.41) is 9.87. The van der Waals surface area contributed by atoms with Gasteiger partial charge in [0.1, 0.15) is 0 Å². The second-order valence-electron chi connectivity index (χ2n) is 3.12. The van der Waals surface area contributed by atoms with Gasteiger partial charge in [-0.3, -0.25) is 0 Å². The molecule has 0 aliphatic rings. The van der Waals surface area contributed by atoms with Gasteiger partial charge in [-0.15, -0.1) is 0 Å². The van der Waals surface area contributed by atoms with Gasteiger partial charge in [-0.2, -0.15) is 0 Å². The Morgan fingerprint density at radius 2 is 2.50 bits per heavy atom. The predicted octanol–water partition coefficient (Wildman–Crippen LogP) is 0.179. The number of carboxylic acids is 1. The second-order valence-corrected chi connectivity index (χ2v) is 6.37. The van der Waals surface area contributed by atoms with Crippen molar-refractivity contribution >= 4 is 35.3 Å². The number of aromatic amines is 1. The number of aromatic nitrogens is 1. The van der Waals surface area contributed by atoms with Crippen LogP contribution in [0.5, 0.6) is 0 Å². The summed E-state index contributed by atoms with van der Waals surface area (Å²) >= 11 is -0.384. The Balaban J connectivity index is 2.19. The molecule has 0 unspecified atom stereocenters. The second kappa shape index (κ2) is 3.77. The van der Waals surface area contributed by atoms with Gasteiger partial charge in [-0.25, -0.2) is 0 Å². The van der Waals surface area contributed by atoms with E-state index >= 15 is 0 Å². The Bertz CT molecular complexity index is 432. The molecule has 0 spiro atoms. The van der Waals surface area contributed by atoms with Crippen molar-refractivity contribution < 1.29 is 9.90 Å². The molecule has 0 aromatic carbocycles. The molecule has 14 heavy (non-hydrogen) atoms. The molecule has 0 aliphatic heterocycles. The van der Waals surface area contributed by atoms with Gasteiger partial charge in [-0.05, 0) is 0 Å². The van der Waals surface area contributed by atoms with Gasteiger partial charge in [0.2, 0.25) is 0 Å². The standard InChI is InChI=1S/C9H10N2O2Te/c10-7(9(12)13)4-6-3-5-1-2-11-8(5)14-6/h1-3,7,11H,4,10H2,(H,12,13)/t7-/m0/s1. The molecule has 0 saturated heterocycles.